The zero-order chi connectivity index (χ0) is 26.0. The van der Waals surface area contributed by atoms with Gasteiger partial charge in [-0.05, 0) is 40.5 Å². The molecule has 7 heteroatoms. The van der Waals surface area contributed by atoms with Crippen LogP contribution in [-0.2, 0) is 15.0 Å². The summed E-state index contributed by atoms with van der Waals surface area (Å²) in [5.74, 6) is -2.79. The van der Waals surface area contributed by atoms with Crippen LogP contribution < -0.4 is 4.90 Å². The Hall–Kier alpha value is -4.91. The summed E-state index contributed by atoms with van der Waals surface area (Å²) in [5.41, 5.74) is 3.10. The lowest BCUT2D eigenvalue weighted by Crippen LogP contribution is -2.51. The van der Waals surface area contributed by atoms with Gasteiger partial charge < -0.3 is 0 Å². The van der Waals surface area contributed by atoms with Gasteiger partial charge in [0, 0.05) is 18.2 Å². The molecule has 4 bridgehead atoms. The molecule has 4 aromatic rings. The topological polar surface area (TPSA) is 92.9 Å². The number of aliphatic imine (C=N–C) groups is 1. The number of amides is 2. The molecule has 1 fully saturated rings. The predicted octanol–water partition coefficient (Wildman–Crippen LogP) is 5.55. The van der Waals surface area contributed by atoms with Crippen LogP contribution in [0.5, 0.6) is 0 Å². The number of benzene rings is 4. The van der Waals surface area contributed by atoms with Crippen LogP contribution in [-0.4, -0.2) is 23.0 Å². The third kappa shape index (κ3) is 2.87. The first-order valence-electron chi connectivity index (χ1n) is 12.4. The minimum Gasteiger partial charge on any atom is -0.274 e. The average Bonchev–Trinajstić information content (AvgIpc) is 3.19. The van der Waals surface area contributed by atoms with E-state index in [9.17, 15) is 19.7 Å². The van der Waals surface area contributed by atoms with Crippen LogP contribution in [0, 0.1) is 22.0 Å². The summed E-state index contributed by atoms with van der Waals surface area (Å²) in [5, 5.41) is 11.9. The van der Waals surface area contributed by atoms with E-state index in [-0.39, 0.29) is 17.3 Å². The van der Waals surface area contributed by atoms with Crippen LogP contribution >= 0.6 is 0 Å². The van der Waals surface area contributed by atoms with Gasteiger partial charge in [0.05, 0.1) is 27.9 Å². The SMILES string of the molecule is O=C1[C@@H]2[C@H]3c4ccc(cc4)[C@@](C=Nc4ccccc4)(c4ccccc43)[C@@H]2C(=O)N1c1ccccc1[N+](=O)[O-]. The summed E-state index contributed by atoms with van der Waals surface area (Å²) in [7, 11) is 0. The van der Waals surface area contributed by atoms with E-state index in [4.69, 9.17) is 4.99 Å². The Kier molecular flexibility index (Phi) is 4.72. The number of hydrogen-bond donors (Lipinski definition) is 0. The Morgan fingerprint density at radius 3 is 2.26 bits per heavy atom. The molecule has 0 unspecified atom stereocenters. The van der Waals surface area contributed by atoms with E-state index < -0.39 is 34.0 Å². The van der Waals surface area contributed by atoms with Crippen LogP contribution in [0.3, 0.4) is 0 Å². The second-order valence-corrected chi connectivity index (χ2v) is 9.91. The first-order chi connectivity index (χ1) is 18.5. The lowest BCUT2D eigenvalue weighted by atomic mass is 9.52. The molecule has 0 radical (unpaired) electrons. The molecule has 38 heavy (non-hydrogen) atoms. The van der Waals surface area contributed by atoms with E-state index in [1.54, 1.807) is 6.07 Å². The van der Waals surface area contributed by atoms with Gasteiger partial charge in [-0.2, -0.15) is 0 Å². The highest BCUT2D eigenvalue weighted by atomic mass is 16.6. The maximum absolute atomic E-state index is 14.4. The third-order valence-electron chi connectivity index (χ3n) is 8.18. The monoisotopic (exact) mass is 499 g/mol. The molecule has 2 amide bonds. The molecule has 0 N–H and O–H groups in total. The van der Waals surface area contributed by atoms with Gasteiger partial charge in [-0.15, -0.1) is 0 Å². The first kappa shape index (κ1) is 22.3. The van der Waals surface area contributed by atoms with Crippen molar-refractivity contribution >= 4 is 35.1 Å². The number of carbonyl (C=O) groups excluding carboxylic acids is 2. The van der Waals surface area contributed by atoms with Crippen molar-refractivity contribution in [1.82, 2.24) is 0 Å². The summed E-state index contributed by atoms with van der Waals surface area (Å²) < 4.78 is 0. The molecule has 6 aliphatic rings. The maximum Gasteiger partial charge on any atom is 0.293 e. The molecule has 0 saturated carbocycles. The van der Waals surface area contributed by atoms with Gasteiger partial charge in [-0.25, -0.2) is 4.90 Å². The summed E-state index contributed by atoms with van der Waals surface area (Å²) in [6.45, 7) is 0. The summed E-state index contributed by atoms with van der Waals surface area (Å²) in [6.07, 6.45) is 1.81. The molecule has 4 atom stereocenters. The number of para-hydroxylation sites is 3. The number of nitro benzene ring substituents is 1. The predicted molar refractivity (Wildman–Crippen MR) is 143 cm³/mol. The highest BCUT2D eigenvalue weighted by Crippen LogP contribution is 2.60. The fourth-order valence-electron chi connectivity index (χ4n) is 6.66. The van der Waals surface area contributed by atoms with Crippen molar-refractivity contribution < 1.29 is 14.5 Å². The number of anilines is 1. The maximum atomic E-state index is 14.4. The fourth-order valence-corrected chi connectivity index (χ4v) is 6.66. The quantitative estimate of drug-likeness (QED) is 0.159. The standard InChI is InChI=1S/C31H21N3O4/c35-29-27-26-19-14-16-20(17-15-19)31(23-11-5-4-10-22(23)26,18-32-21-8-2-1-3-9-21)28(27)30(36)33(29)24-12-6-7-13-25(24)34(37)38/h1-18,26-28H/t26-,27+,28-,31-/m0/s1. The first-order valence-corrected chi connectivity index (χ1v) is 12.4. The van der Waals surface area contributed by atoms with Crippen LogP contribution in [0.4, 0.5) is 17.1 Å². The van der Waals surface area contributed by atoms with Crippen molar-refractivity contribution in [3.8, 4) is 0 Å². The molecule has 7 nitrogen and oxygen atoms in total. The number of hydrogen-bond acceptors (Lipinski definition) is 5. The lowest BCUT2D eigenvalue weighted by molar-refractivity contribution is -0.384. The van der Waals surface area contributed by atoms with Crippen molar-refractivity contribution in [3.05, 3.63) is 135 Å². The Morgan fingerprint density at radius 1 is 0.816 bits per heavy atom. The molecule has 5 aliphatic carbocycles. The van der Waals surface area contributed by atoms with E-state index in [1.165, 1.54) is 18.2 Å². The number of carbonyl (C=O) groups is 2. The van der Waals surface area contributed by atoms with Crippen molar-refractivity contribution in [2.24, 2.45) is 16.8 Å². The fraction of sp³-hybridized carbons (Fsp3) is 0.129. The summed E-state index contributed by atoms with van der Waals surface area (Å²) >= 11 is 0. The van der Waals surface area contributed by atoms with Gasteiger partial charge in [0.2, 0.25) is 11.8 Å². The van der Waals surface area contributed by atoms with Gasteiger partial charge in [-0.3, -0.25) is 24.7 Å². The highest BCUT2D eigenvalue weighted by Gasteiger charge is 2.65. The Balaban J connectivity index is 1.52. The molecule has 0 spiro atoms. The van der Waals surface area contributed by atoms with E-state index in [2.05, 4.69) is 0 Å². The molecule has 1 heterocycles. The molecule has 1 saturated heterocycles. The van der Waals surface area contributed by atoms with E-state index in [0.717, 1.165) is 32.8 Å². The van der Waals surface area contributed by atoms with Crippen LogP contribution in [0.2, 0.25) is 0 Å². The van der Waals surface area contributed by atoms with Crippen LogP contribution in [0.1, 0.15) is 28.2 Å². The van der Waals surface area contributed by atoms with Gasteiger partial charge in [0.15, 0.2) is 0 Å². The molecule has 4 aromatic carbocycles. The minimum absolute atomic E-state index is 0.00103. The Morgan fingerprint density at radius 2 is 1.50 bits per heavy atom. The van der Waals surface area contributed by atoms with E-state index in [0.29, 0.717) is 0 Å². The van der Waals surface area contributed by atoms with Crippen molar-refractivity contribution in [2.45, 2.75) is 11.3 Å². The van der Waals surface area contributed by atoms with Crippen molar-refractivity contribution in [2.75, 3.05) is 4.90 Å². The molecule has 1 aliphatic heterocycles. The zero-order valence-corrected chi connectivity index (χ0v) is 20.1. The highest BCUT2D eigenvalue weighted by molar-refractivity contribution is 6.25. The number of nitrogens with zero attached hydrogens (tertiary/aromatic N) is 3. The lowest BCUT2D eigenvalue weighted by Gasteiger charge is -2.48. The zero-order valence-electron chi connectivity index (χ0n) is 20.1. The van der Waals surface area contributed by atoms with Crippen molar-refractivity contribution in [1.29, 1.82) is 0 Å². The van der Waals surface area contributed by atoms with Crippen molar-refractivity contribution in [3.63, 3.8) is 0 Å². The Bertz CT molecular complexity index is 1660. The normalized spacial score (nSPS) is 24.8. The molecule has 0 aromatic heterocycles. The Labute approximate surface area is 218 Å². The van der Waals surface area contributed by atoms with Gasteiger partial charge >= 0.3 is 0 Å². The third-order valence-corrected chi connectivity index (χ3v) is 8.18. The van der Waals surface area contributed by atoms with E-state index in [1.807, 2.05) is 85.1 Å². The average molecular weight is 500 g/mol. The second-order valence-electron chi connectivity index (χ2n) is 9.91. The summed E-state index contributed by atoms with van der Waals surface area (Å²) in [4.78, 5) is 45.9. The van der Waals surface area contributed by atoms with Gasteiger partial charge in [0.25, 0.3) is 5.69 Å². The largest absolute Gasteiger partial charge is 0.293 e. The van der Waals surface area contributed by atoms with E-state index >= 15 is 0 Å². The molecular weight excluding hydrogens is 478 g/mol. The van der Waals surface area contributed by atoms with Gasteiger partial charge in [0.1, 0.15) is 5.69 Å². The second kappa shape index (κ2) is 8.05. The number of rotatable bonds is 4. The smallest absolute Gasteiger partial charge is 0.274 e. The minimum atomic E-state index is -1.04. The van der Waals surface area contributed by atoms with Crippen LogP contribution in [0.15, 0.2) is 108 Å². The van der Waals surface area contributed by atoms with Gasteiger partial charge in [-0.1, -0.05) is 78.9 Å². The number of nitro groups is 1. The molecule has 184 valence electrons. The summed E-state index contributed by atoms with van der Waals surface area (Å²) in [6, 6.07) is 31.4. The molecule has 10 rings (SSSR count). The van der Waals surface area contributed by atoms with Crippen LogP contribution in [0.25, 0.3) is 0 Å². The molecular formula is C31H21N3O4. The number of imide groups is 1.